The van der Waals surface area contributed by atoms with E-state index in [0.717, 1.165) is 12.3 Å². The van der Waals surface area contributed by atoms with Gasteiger partial charge in [0.1, 0.15) is 5.69 Å². The van der Waals surface area contributed by atoms with Gasteiger partial charge in [-0.25, -0.2) is 22.2 Å². The summed E-state index contributed by atoms with van der Waals surface area (Å²) < 4.78 is 62.2. The maximum Gasteiger partial charge on any atom is 0.319 e. The lowest BCUT2D eigenvalue weighted by Crippen LogP contribution is -2.15. The number of nitrogens with one attached hydrogen (secondary N) is 1. The summed E-state index contributed by atoms with van der Waals surface area (Å²) in [5.41, 5.74) is -0.0759. The van der Waals surface area contributed by atoms with Crippen LogP contribution in [0.2, 0.25) is 0 Å². The lowest BCUT2D eigenvalue weighted by Gasteiger charge is -2.11. The molecule has 0 aliphatic rings. The summed E-state index contributed by atoms with van der Waals surface area (Å²) in [5.74, 6) is -2.51. The van der Waals surface area contributed by atoms with E-state index < -0.39 is 26.6 Å². The summed E-state index contributed by atoms with van der Waals surface area (Å²) in [7, 11) is -1.55. The second-order valence-corrected chi connectivity index (χ2v) is 5.64. The number of ether oxygens (including phenoxy) is 2. The Labute approximate surface area is 125 Å². The van der Waals surface area contributed by atoms with E-state index in [2.05, 4.69) is 14.7 Å². The van der Waals surface area contributed by atoms with E-state index >= 15 is 0 Å². The minimum Gasteiger partial charge on any atom is -0.479 e. The Morgan fingerprint density at radius 2 is 1.86 bits per heavy atom. The fourth-order valence-corrected chi connectivity index (χ4v) is 2.58. The number of aromatic nitrogens is 2. The van der Waals surface area contributed by atoms with Crippen LogP contribution in [-0.4, -0.2) is 32.6 Å². The van der Waals surface area contributed by atoms with Gasteiger partial charge >= 0.3 is 6.01 Å². The van der Waals surface area contributed by atoms with Gasteiger partial charge in [0, 0.05) is 0 Å². The largest absolute Gasteiger partial charge is 0.479 e. The SMILES string of the molecule is COc1ncc(NS(=O)(=O)c2ccc(F)c(F)c2)c(OC)n1. The zero-order valence-electron chi connectivity index (χ0n) is 11.5. The van der Waals surface area contributed by atoms with Gasteiger partial charge in [0.15, 0.2) is 11.6 Å². The summed E-state index contributed by atoms with van der Waals surface area (Å²) in [6, 6.07) is 2.19. The number of sulfonamides is 1. The second kappa shape index (κ2) is 6.10. The molecule has 0 bridgehead atoms. The molecule has 0 saturated heterocycles. The molecule has 118 valence electrons. The van der Waals surface area contributed by atoms with Crippen LogP contribution in [0.15, 0.2) is 29.3 Å². The number of anilines is 1. The highest BCUT2D eigenvalue weighted by atomic mass is 32.2. The van der Waals surface area contributed by atoms with Crippen LogP contribution in [0.3, 0.4) is 0 Å². The molecule has 0 saturated carbocycles. The molecule has 0 amide bonds. The van der Waals surface area contributed by atoms with Crippen LogP contribution < -0.4 is 14.2 Å². The van der Waals surface area contributed by atoms with Crippen molar-refractivity contribution in [2.75, 3.05) is 18.9 Å². The van der Waals surface area contributed by atoms with E-state index in [0.29, 0.717) is 12.1 Å². The number of rotatable bonds is 5. The average molecular weight is 331 g/mol. The lowest BCUT2D eigenvalue weighted by molar-refractivity contribution is 0.353. The van der Waals surface area contributed by atoms with Crippen molar-refractivity contribution in [3.63, 3.8) is 0 Å². The molecule has 0 radical (unpaired) electrons. The minimum atomic E-state index is -4.16. The Balaban J connectivity index is 2.38. The summed E-state index contributed by atoms with van der Waals surface area (Å²) in [4.78, 5) is 7.09. The average Bonchev–Trinajstić information content (AvgIpc) is 2.50. The number of hydrogen-bond donors (Lipinski definition) is 1. The van der Waals surface area contributed by atoms with Crippen LogP contribution >= 0.6 is 0 Å². The first kappa shape index (κ1) is 15.9. The molecule has 22 heavy (non-hydrogen) atoms. The van der Waals surface area contributed by atoms with Crippen LogP contribution in [0.1, 0.15) is 0 Å². The van der Waals surface area contributed by atoms with E-state index in [1.807, 2.05) is 0 Å². The normalized spacial score (nSPS) is 11.1. The predicted molar refractivity (Wildman–Crippen MR) is 72.3 cm³/mol. The molecule has 0 unspecified atom stereocenters. The molecule has 2 rings (SSSR count). The molecule has 7 nitrogen and oxygen atoms in total. The van der Waals surface area contributed by atoms with Gasteiger partial charge in [-0.15, -0.1) is 0 Å². The van der Waals surface area contributed by atoms with Gasteiger partial charge < -0.3 is 9.47 Å². The molecule has 1 N–H and O–H groups in total. The van der Waals surface area contributed by atoms with Crippen molar-refractivity contribution in [1.29, 1.82) is 0 Å². The number of hydrogen-bond acceptors (Lipinski definition) is 6. The molecule has 2 aromatic rings. The van der Waals surface area contributed by atoms with Crippen LogP contribution in [0.25, 0.3) is 0 Å². The second-order valence-electron chi connectivity index (χ2n) is 3.96. The van der Waals surface area contributed by atoms with Gasteiger partial charge in [-0.2, -0.15) is 4.98 Å². The quantitative estimate of drug-likeness (QED) is 0.894. The van der Waals surface area contributed by atoms with Gasteiger partial charge in [-0.05, 0) is 18.2 Å². The summed E-state index contributed by atoms with van der Waals surface area (Å²) in [5, 5.41) is 0. The minimum absolute atomic E-state index is 0.0207. The van der Waals surface area contributed by atoms with Gasteiger partial charge in [0.25, 0.3) is 10.0 Å². The Kier molecular flexibility index (Phi) is 4.40. The molecule has 1 heterocycles. The fourth-order valence-electron chi connectivity index (χ4n) is 1.52. The number of methoxy groups -OCH3 is 2. The molecule has 0 aliphatic heterocycles. The van der Waals surface area contributed by atoms with Crippen molar-refractivity contribution in [1.82, 2.24) is 9.97 Å². The molecule has 10 heteroatoms. The van der Waals surface area contributed by atoms with Crippen LogP contribution in [0.4, 0.5) is 14.5 Å². The Bertz CT molecular complexity index is 799. The smallest absolute Gasteiger partial charge is 0.319 e. The lowest BCUT2D eigenvalue weighted by atomic mass is 10.3. The third-order valence-electron chi connectivity index (χ3n) is 2.55. The Morgan fingerprint density at radius 1 is 1.14 bits per heavy atom. The van der Waals surface area contributed by atoms with Crippen molar-refractivity contribution < 1.29 is 26.7 Å². The highest BCUT2D eigenvalue weighted by molar-refractivity contribution is 7.92. The van der Waals surface area contributed by atoms with Gasteiger partial charge in [0.2, 0.25) is 5.88 Å². The maximum atomic E-state index is 13.2. The highest BCUT2D eigenvalue weighted by Crippen LogP contribution is 2.25. The third-order valence-corrected chi connectivity index (χ3v) is 3.92. The van der Waals surface area contributed by atoms with Crippen LogP contribution in [0, 0.1) is 11.6 Å². The van der Waals surface area contributed by atoms with E-state index in [1.54, 1.807) is 0 Å². The van der Waals surface area contributed by atoms with Crippen molar-refractivity contribution in [2.45, 2.75) is 4.90 Å². The van der Waals surface area contributed by atoms with E-state index in [1.165, 1.54) is 14.2 Å². The Hall–Kier alpha value is -2.49. The zero-order valence-corrected chi connectivity index (χ0v) is 12.3. The first-order valence-corrected chi connectivity index (χ1v) is 7.28. The van der Waals surface area contributed by atoms with Crippen LogP contribution in [0.5, 0.6) is 11.9 Å². The first-order valence-electron chi connectivity index (χ1n) is 5.80. The maximum absolute atomic E-state index is 13.2. The fraction of sp³-hybridized carbons (Fsp3) is 0.167. The molecule has 0 aliphatic carbocycles. The van der Waals surface area contributed by atoms with E-state index in [9.17, 15) is 17.2 Å². The molecule has 0 spiro atoms. The molecule has 1 aromatic heterocycles. The molecule has 0 atom stereocenters. The first-order chi connectivity index (χ1) is 10.4. The predicted octanol–water partition coefficient (Wildman–Crippen LogP) is 1.57. The standard InChI is InChI=1S/C12H11F2N3O4S/c1-20-11-10(6-15-12(16-11)21-2)17-22(18,19)7-3-4-8(13)9(14)5-7/h3-6,17H,1-2H3. The van der Waals surface area contributed by atoms with E-state index in [-0.39, 0.29) is 17.6 Å². The monoisotopic (exact) mass is 331 g/mol. The number of benzene rings is 1. The number of nitrogens with zero attached hydrogens (tertiary/aromatic N) is 2. The van der Waals surface area contributed by atoms with Gasteiger partial charge in [-0.1, -0.05) is 0 Å². The molecule has 0 fully saturated rings. The van der Waals surface area contributed by atoms with Gasteiger partial charge in [0.05, 0.1) is 25.3 Å². The van der Waals surface area contributed by atoms with Crippen molar-refractivity contribution in [2.24, 2.45) is 0 Å². The summed E-state index contributed by atoms with van der Waals surface area (Å²) >= 11 is 0. The molecule has 1 aromatic carbocycles. The van der Waals surface area contributed by atoms with Crippen molar-refractivity contribution in [3.8, 4) is 11.9 Å². The number of halogens is 2. The van der Waals surface area contributed by atoms with E-state index in [4.69, 9.17) is 9.47 Å². The van der Waals surface area contributed by atoms with Crippen molar-refractivity contribution in [3.05, 3.63) is 36.0 Å². The zero-order chi connectivity index (χ0) is 16.3. The van der Waals surface area contributed by atoms with Crippen molar-refractivity contribution >= 4 is 15.7 Å². The molecular formula is C12H11F2N3O4S. The highest BCUT2D eigenvalue weighted by Gasteiger charge is 2.20. The Morgan fingerprint density at radius 3 is 2.45 bits per heavy atom. The summed E-state index contributed by atoms with van der Waals surface area (Å²) in [6.07, 6.45) is 1.13. The third kappa shape index (κ3) is 3.22. The topological polar surface area (TPSA) is 90.4 Å². The molecular weight excluding hydrogens is 320 g/mol. The summed E-state index contributed by atoms with van der Waals surface area (Å²) in [6.45, 7) is 0. The van der Waals surface area contributed by atoms with Gasteiger partial charge in [-0.3, -0.25) is 4.72 Å². The van der Waals surface area contributed by atoms with Crippen LogP contribution in [-0.2, 0) is 10.0 Å².